The third kappa shape index (κ3) is 4.74. The van der Waals surface area contributed by atoms with Crippen LogP contribution in [0, 0.1) is 11.3 Å². The van der Waals surface area contributed by atoms with E-state index < -0.39 is 5.41 Å². The van der Waals surface area contributed by atoms with E-state index in [2.05, 4.69) is 18.3 Å². The molecule has 1 N–H and O–H groups in total. The van der Waals surface area contributed by atoms with E-state index in [4.69, 9.17) is 14.2 Å². The number of ether oxygens (including phenoxy) is 3. The number of anilines is 1. The Bertz CT molecular complexity index is 896. The number of nitriles is 1. The molecule has 0 radical (unpaired) electrons. The Morgan fingerprint density at radius 3 is 2.50 bits per heavy atom. The lowest BCUT2D eigenvalue weighted by molar-refractivity contribution is -0.125. The van der Waals surface area contributed by atoms with Gasteiger partial charge in [-0.2, -0.15) is 5.26 Å². The lowest BCUT2D eigenvalue weighted by atomic mass is 9.73. The molecule has 1 fully saturated rings. The summed E-state index contributed by atoms with van der Waals surface area (Å²) < 4.78 is 16.5. The van der Waals surface area contributed by atoms with Gasteiger partial charge in [0.1, 0.15) is 17.6 Å². The van der Waals surface area contributed by atoms with Gasteiger partial charge in [0.05, 0.1) is 30.4 Å². The van der Waals surface area contributed by atoms with Crippen LogP contribution in [-0.2, 0) is 14.9 Å². The molecular formula is C24H28N2O4. The Labute approximate surface area is 177 Å². The maximum Gasteiger partial charge on any atom is 0.235 e. The molecule has 30 heavy (non-hydrogen) atoms. The molecule has 1 aliphatic heterocycles. The van der Waals surface area contributed by atoms with Crippen LogP contribution in [0.1, 0.15) is 43.7 Å². The molecule has 3 rings (SSSR count). The minimum absolute atomic E-state index is 0.132. The summed E-state index contributed by atoms with van der Waals surface area (Å²) in [5.74, 6) is 1.24. The summed E-state index contributed by atoms with van der Waals surface area (Å²) in [4.78, 5) is 13.5. The lowest BCUT2D eigenvalue weighted by Crippen LogP contribution is -2.45. The Balaban J connectivity index is 1.84. The van der Waals surface area contributed by atoms with E-state index in [0.717, 1.165) is 24.2 Å². The van der Waals surface area contributed by atoms with Crippen LogP contribution in [0.15, 0.2) is 42.5 Å². The maximum atomic E-state index is 13.5. The number of methoxy groups -OCH3 is 1. The highest BCUT2D eigenvalue weighted by Crippen LogP contribution is 2.37. The molecule has 0 atom stereocenters. The fraction of sp³-hybridized carbons (Fsp3) is 0.417. The topological polar surface area (TPSA) is 80.6 Å². The van der Waals surface area contributed by atoms with Gasteiger partial charge in [0.25, 0.3) is 0 Å². The highest BCUT2D eigenvalue weighted by Gasteiger charge is 2.42. The van der Waals surface area contributed by atoms with Gasteiger partial charge in [-0.25, -0.2) is 0 Å². The Kier molecular flexibility index (Phi) is 7.31. The predicted molar refractivity (Wildman–Crippen MR) is 115 cm³/mol. The number of carbonyl (C=O) groups excluding carboxylic acids is 1. The van der Waals surface area contributed by atoms with Gasteiger partial charge in [-0.1, -0.05) is 25.5 Å². The third-order valence-corrected chi connectivity index (χ3v) is 5.55. The lowest BCUT2D eigenvalue weighted by Gasteiger charge is -2.36. The van der Waals surface area contributed by atoms with Gasteiger partial charge >= 0.3 is 0 Å². The number of nitrogens with zero attached hydrogens (tertiary/aromatic N) is 1. The van der Waals surface area contributed by atoms with Crippen molar-refractivity contribution in [3.8, 4) is 17.6 Å². The molecule has 0 saturated carbocycles. The second-order valence-corrected chi connectivity index (χ2v) is 7.40. The van der Waals surface area contributed by atoms with E-state index >= 15 is 0 Å². The average molecular weight is 408 g/mol. The molecule has 6 heteroatoms. The predicted octanol–water partition coefficient (Wildman–Crippen LogP) is 4.43. The smallest absolute Gasteiger partial charge is 0.235 e. The number of hydrogen-bond donors (Lipinski definition) is 1. The van der Waals surface area contributed by atoms with Crippen molar-refractivity contribution in [3.63, 3.8) is 0 Å². The molecule has 0 bridgehead atoms. The number of benzene rings is 2. The van der Waals surface area contributed by atoms with Crippen molar-refractivity contribution in [1.82, 2.24) is 0 Å². The van der Waals surface area contributed by atoms with Gasteiger partial charge in [0.2, 0.25) is 5.91 Å². The largest absolute Gasteiger partial charge is 0.497 e. The Morgan fingerprint density at radius 1 is 1.17 bits per heavy atom. The standard InChI is InChI=1S/C24H28N2O4/c1-3-4-13-30-21-9-10-22(18(16-21)17-25)26-23(27)24(11-14-29-15-12-24)19-5-7-20(28-2)8-6-19/h5-10,16H,3-4,11-15H2,1-2H3,(H,26,27). The molecule has 2 aromatic carbocycles. The molecule has 0 spiro atoms. The first kappa shape index (κ1) is 21.7. The minimum atomic E-state index is -0.715. The summed E-state index contributed by atoms with van der Waals surface area (Å²) in [6.07, 6.45) is 3.14. The zero-order valence-electron chi connectivity index (χ0n) is 17.6. The van der Waals surface area contributed by atoms with Crippen LogP contribution in [0.3, 0.4) is 0 Å². The first-order valence-corrected chi connectivity index (χ1v) is 10.3. The van der Waals surface area contributed by atoms with Crippen molar-refractivity contribution in [2.24, 2.45) is 0 Å². The molecular weight excluding hydrogens is 380 g/mol. The van der Waals surface area contributed by atoms with E-state index in [1.165, 1.54) is 0 Å². The fourth-order valence-electron chi connectivity index (χ4n) is 3.67. The van der Waals surface area contributed by atoms with E-state index in [0.29, 0.717) is 49.7 Å². The Morgan fingerprint density at radius 2 is 1.87 bits per heavy atom. The molecule has 0 unspecified atom stereocenters. The van der Waals surface area contributed by atoms with Crippen molar-refractivity contribution in [3.05, 3.63) is 53.6 Å². The first-order chi connectivity index (χ1) is 14.6. The number of rotatable bonds is 8. The molecule has 1 saturated heterocycles. The van der Waals surface area contributed by atoms with E-state index in [-0.39, 0.29) is 5.91 Å². The summed E-state index contributed by atoms with van der Waals surface area (Å²) in [6, 6.07) is 15.0. The van der Waals surface area contributed by atoms with Gasteiger partial charge < -0.3 is 19.5 Å². The number of carbonyl (C=O) groups is 1. The van der Waals surface area contributed by atoms with Crippen LogP contribution < -0.4 is 14.8 Å². The van der Waals surface area contributed by atoms with Crippen molar-refractivity contribution >= 4 is 11.6 Å². The monoisotopic (exact) mass is 408 g/mol. The van der Waals surface area contributed by atoms with Crippen LogP contribution in [0.4, 0.5) is 5.69 Å². The molecule has 0 aliphatic carbocycles. The Hall–Kier alpha value is -3.04. The molecule has 1 amide bonds. The summed E-state index contributed by atoms with van der Waals surface area (Å²) in [6.45, 7) is 3.72. The van der Waals surface area contributed by atoms with Crippen molar-refractivity contribution < 1.29 is 19.0 Å². The molecule has 0 aromatic heterocycles. The van der Waals surface area contributed by atoms with Crippen molar-refractivity contribution in [2.75, 3.05) is 32.2 Å². The van der Waals surface area contributed by atoms with Crippen LogP contribution in [0.2, 0.25) is 0 Å². The summed E-state index contributed by atoms with van der Waals surface area (Å²) >= 11 is 0. The minimum Gasteiger partial charge on any atom is -0.497 e. The molecule has 6 nitrogen and oxygen atoms in total. The zero-order valence-corrected chi connectivity index (χ0v) is 17.6. The molecule has 158 valence electrons. The third-order valence-electron chi connectivity index (χ3n) is 5.55. The zero-order chi connectivity index (χ0) is 21.4. The fourth-order valence-corrected chi connectivity index (χ4v) is 3.67. The first-order valence-electron chi connectivity index (χ1n) is 10.3. The van der Waals surface area contributed by atoms with Gasteiger partial charge in [0, 0.05) is 13.2 Å². The second kappa shape index (κ2) is 10.1. The summed E-state index contributed by atoms with van der Waals surface area (Å²) in [7, 11) is 1.62. The molecule has 1 heterocycles. The SMILES string of the molecule is CCCCOc1ccc(NC(=O)C2(c3ccc(OC)cc3)CCOCC2)c(C#N)c1. The maximum absolute atomic E-state index is 13.5. The summed E-state index contributed by atoms with van der Waals surface area (Å²) in [5.41, 5.74) is 1.08. The van der Waals surface area contributed by atoms with Gasteiger partial charge in [-0.3, -0.25) is 4.79 Å². The number of unbranched alkanes of at least 4 members (excludes halogenated alkanes) is 1. The van der Waals surface area contributed by atoms with Gasteiger partial charge in [-0.15, -0.1) is 0 Å². The van der Waals surface area contributed by atoms with Gasteiger partial charge in [-0.05, 0) is 55.2 Å². The van der Waals surface area contributed by atoms with Crippen LogP contribution in [0.5, 0.6) is 11.5 Å². The highest BCUT2D eigenvalue weighted by molar-refractivity contribution is 6.00. The highest BCUT2D eigenvalue weighted by atomic mass is 16.5. The second-order valence-electron chi connectivity index (χ2n) is 7.40. The van der Waals surface area contributed by atoms with Crippen molar-refractivity contribution in [1.29, 1.82) is 5.26 Å². The van der Waals surface area contributed by atoms with E-state index in [1.807, 2.05) is 24.3 Å². The molecule has 1 aliphatic rings. The number of nitrogens with one attached hydrogen (secondary N) is 1. The number of hydrogen-bond acceptors (Lipinski definition) is 5. The van der Waals surface area contributed by atoms with E-state index in [1.54, 1.807) is 25.3 Å². The van der Waals surface area contributed by atoms with Crippen molar-refractivity contribution in [2.45, 2.75) is 38.0 Å². The van der Waals surface area contributed by atoms with E-state index in [9.17, 15) is 10.1 Å². The average Bonchev–Trinajstić information content (AvgIpc) is 2.80. The summed E-state index contributed by atoms with van der Waals surface area (Å²) in [5, 5.41) is 12.6. The van der Waals surface area contributed by atoms with Crippen LogP contribution in [-0.4, -0.2) is 32.8 Å². The van der Waals surface area contributed by atoms with Gasteiger partial charge in [0.15, 0.2) is 0 Å². The van der Waals surface area contributed by atoms with Crippen LogP contribution in [0.25, 0.3) is 0 Å². The molecule has 2 aromatic rings. The normalized spacial score (nSPS) is 15.1. The van der Waals surface area contributed by atoms with Crippen LogP contribution >= 0.6 is 0 Å². The quantitative estimate of drug-likeness (QED) is 0.654. The number of amides is 1.